The van der Waals surface area contributed by atoms with Crippen molar-refractivity contribution in [3.63, 3.8) is 0 Å². The van der Waals surface area contributed by atoms with Crippen LogP contribution in [-0.4, -0.2) is 30.4 Å². The van der Waals surface area contributed by atoms with Crippen LogP contribution in [0.5, 0.6) is 0 Å². The minimum Gasteiger partial charge on any atom is -0.313 e. The highest BCUT2D eigenvalue weighted by molar-refractivity contribution is 7.09. The number of anilines is 2. The fourth-order valence-electron chi connectivity index (χ4n) is 2.79. The first-order chi connectivity index (χ1) is 11.1. The Kier molecular flexibility index (Phi) is 4.43. The third-order valence-corrected chi connectivity index (χ3v) is 5.16. The molecule has 6 heteroatoms. The smallest absolute Gasteiger partial charge is 0.228 e. The van der Waals surface area contributed by atoms with Crippen LogP contribution >= 0.6 is 11.3 Å². The van der Waals surface area contributed by atoms with Crippen LogP contribution < -0.4 is 9.80 Å². The summed E-state index contributed by atoms with van der Waals surface area (Å²) in [7, 11) is 1.76. The minimum absolute atomic E-state index is 0.0334. The van der Waals surface area contributed by atoms with Gasteiger partial charge in [0.2, 0.25) is 11.8 Å². The second-order valence-corrected chi connectivity index (χ2v) is 6.54. The molecule has 1 aromatic carbocycles. The molecule has 0 saturated heterocycles. The molecule has 0 radical (unpaired) electrons. The Morgan fingerprint density at radius 3 is 2.74 bits per heavy atom. The number of benzene rings is 1. The van der Waals surface area contributed by atoms with Crippen LogP contribution in [0.2, 0.25) is 0 Å². The quantitative estimate of drug-likeness (QED) is 0.870. The normalized spacial score (nSPS) is 14.6. The summed E-state index contributed by atoms with van der Waals surface area (Å²) in [5.41, 5.74) is 4.41. The van der Waals surface area contributed by atoms with Crippen LogP contribution in [0.1, 0.15) is 23.4 Å². The van der Waals surface area contributed by atoms with Crippen molar-refractivity contribution in [3.05, 3.63) is 40.3 Å². The highest BCUT2D eigenvalue weighted by atomic mass is 32.1. The number of hydrogen-bond acceptors (Lipinski definition) is 4. The zero-order valence-electron chi connectivity index (χ0n) is 13.3. The molecule has 2 heterocycles. The largest absolute Gasteiger partial charge is 0.313 e. The number of fused-ring (bicyclic) bond motifs is 1. The molecule has 23 heavy (non-hydrogen) atoms. The third kappa shape index (κ3) is 3.12. The van der Waals surface area contributed by atoms with E-state index in [0.29, 0.717) is 25.8 Å². The van der Waals surface area contributed by atoms with E-state index in [1.165, 1.54) is 0 Å². The molecule has 3 rings (SSSR count). The molecule has 0 N–H and O–H groups in total. The fourth-order valence-corrected chi connectivity index (χ4v) is 3.57. The first kappa shape index (κ1) is 15.7. The topological polar surface area (TPSA) is 53.5 Å². The molecule has 2 amide bonds. The number of aryl methyl sites for hydroxylation is 2. The third-order valence-electron chi connectivity index (χ3n) is 4.17. The number of carbonyl (C=O) groups is 2. The maximum Gasteiger partial charge on any atom is 0.228 e. The van der Waals surface area contributed by atoms with Crippen LogP contribution in [0.15, 0.2) is 29.8 Å². The van der Waals surface area contributed by atoms with Gasteiger partial charge in [-0.3, -0.25) is 9.59 Å². The van der Waals surface area contributed by atoms with Gasteiger partial charge in [-0.1, -0.05) is 12.1 Å². The van der Waals surface area contributed by atoms with E-state index < -0.39 is 0 Å². The Morgan fingerprint density at radius 1 is 1.30 bits per heavy atom. The van der Waals surface area contributed by atoms with Crippen molar-refractivity contribution < 1.29 is 9.59 Å². The second-order valence-electron chi connectivity index (χ2n) is 5.60. The van der Waals surface area contributed by atoms with Crippen molar-refractivity contribution in [2.45, 2.75) is 26.2 Å². The number of aromatic nitrogens is 1. The Bertz CT molecular complexity index is 741. The van der Waals surface area contributed by atoms with Gasteiger partial charge in [0.1, 0.15) is 0 Å². The molecule has 0 aliphatic carbocycles. The number of nitrogens with zero attached hydrogens (tertiary/aromatic N) is 3. The van der Waals surface area contributed by atoms with E-state index in [-0.39, 0.29) is 11.8 Å². The lowest BCUT2D eigenvalue weighted by molar-refractivity contribution is -0.119. The van der Waals surface area contributed by atoms with Crippen LogP contribution in [-0.2, 0) is 16.0 Å². The van der Waals surface area contributed by atoms with Crippen molar-refractivity contribution >= 4 is 34.5 Å². The van der Waals surface area contributed by atoms with Gasteiger partial charge in [-0.05, 0) is 25.5 Å². The van der Waals surface area contributed by atoms with Gasteiger partial charge >= 0.3 is 0 Å². The molecule has 0 bridgehead atoms. The molecular weight excluding hydrogens is 310 g/mol. The predicted molar refractivity (Wildman–Crippen MR) is 92.0 cm³/mol. The summed E-state index contributed by atoms with van der Waals surface area (Å²) in [6.45, 7) is 2.39. The number of para-hydroxylation sites is 2. The maximum absolute atomic E-state index is 12.7. The summed E-state index contributed by atoms with van der Waals surface area (Å²) >= 11 is 1.58. The molecule has 0 fully saturated rings. The summed E-state index contributed by atoms with van der Waals surface area (Å²) in [6.07, 6.45) is 1.46. The monoisotopic (exact) mass is 329 g/mol. The van der Waals surface area contributed by atoms with Crippen molar-refractivity contribution in [2.75, 3.05) is 23.4 Å². The molecular formula is C17H19N3O2S. The Labute approximate surface area is 139 Å². The van der Waals surface area contributed by atoms with E-state index in [1.54, 1.807) is 28.2 Å². The molecule has 2 aromatic rings. The standard InChI is InChI=1S/C17H19N3O2S/c1-12-15(23-11-18-12)7-8-17(22)20-10-9-16(21)19(2)13-5-3-4-6-14(13)20/h3-6,11H,7-10H2,1-2H3. The Hall–Kier alpha value is -2.21. The van der Waals surface area contributed by atoms with E-state index in [0.717, 1.165) is 21.9 Å². The van der Waals surface area contributed by atoms with Gasteiger partial charge in [-0.2, -0.15) is 0 Å². The molecule has 1 aliphatic heterocycles. The first-order valence-electron chi connectivity index (χ1n) is 7.63. The van der Waals surface area contributed by atoms with Crippen LogP contribution in [0, 0.1) is 6.92 Å². The molecule has 1 aromatic heterocycles. The van der Waals surface area contributed by atoms with E-state index >= 15 is 0 Å². The summed E-state index contributed by atoms with van der Waals surface area (Å²) < 4.78 is 0. The molecule has 5 nitrogen and oxygen atoms in total. The molecule has 120 valence electrons. The number of hydrogen-bond donors (Lipinski definition) is 0. The van der Waals surface area contributed by atoms with E-state index in [1.807, 2.05) is 36.7 Å². The second kappa shape index (κ2) is 6.50. The van der Waals surface area contributed by atoms with Gasteiger partial charge in [0, 0.05) is 31.3 Å². The van der Waals surface area contributed by atoms with Gasteiger partial charge in [0.05, 0.1) is 22.6 Å². The fraction of sp³-hybridized carbons (Fsp3) is 0.353. The van der Waals surface area contributed by atoms with Gasteiger partial charge in [0.15, 0.2) is 0 Å². The van der Waals surface area contributed by atoms with E-state index in [4.69, 9.17) is 0 Å². The number of rotatable bonds is 3. The maximum atomic E-state index is 12.7. The highest BCUT2D eigenvalue weighted by Gasteiger charge is 2.26. The minimum atomic E-state index is 0.0334. The van der Waals surface area contributed by atoms with E-state index in [2.05, 4.69) is 4.98 Å². The summed E-state index contributed by atoms with van der Waals surface area (Å²) in [5, 5.41) is 0. The summed E-state index contributed by atoms with van der Waals surface area (Å²) in [6, 6.07) is 7.57. The van der Waals surface area contributed by atoms with Gasteiger partial charge < -0.3 is 9.80 Å². The number of carbonyl (C=O) groups excluding carboxylic acids is 2. The Balaban J connectivity index is 1.81. The van der Waals surface area contributed by atoms with Gasteiger partial charge in [0.25, 0.3) is 0 Å². The number of thiazole rings is 1. The molecule has 0 atom stereocenters. The van der Waals surface area contributed by atoms with Crippen molar-refractivity contribution in [1.29, 1.82) is 0 Å². The zero-order chi connectivity index (χ0) is 16.4. The van der Waals surface area contributed by atoms with Gasteiger partial charge in [-0.15, -0.1) is 11.3 Å². The van der Waals surface area contributed by atoms with Gasteiger partial charge in [-0.25, -0.2) is 4.98 Å². The number of amides is 2. The van der Waals surface area contributed by atoms with Crippen molar-refractivity contribution in [1.82, 2.24) is 4.98 Å². The lowest BCUT2D eigenvalue weighted by Gasteiger charge is -2.23. The first-order valence-corrected chi connectivity index (χ1v) is 8.51. The molecule has 1 aliphatic rings. The van der Waals surface area contributed by atoms with Crippen molar-refractivity contribution in [2.24, 2.45) is 0 Å². The lowest BCUT2D eigenvalue weighted by atomic mass is 10.2. The zero-order valence-corrected chi connectivity index (χ0v) is 14.1. The molecule has 0 spiro atoms. The highest BCUT2D eigenvalue weighted by Crippen LogP contribution is 2.32. The molecule has 0 unspecified atom stereocenters. The molecule has 0 saturated carbocycles. The van der Waals surface area contributed by atoms with Crippen LogP contribution in [0.3, 0.4) is 0 Å². The van der Waals surface area contributed by atoms with Crippen LogP contribution in [0.25, 0.3) is 0 Å². The summed E-state index contributed by atoms with van der Waals surface area (Å²) in [5.74, 6) is 0.0828. The van der Waals surface area contributed by atoms with Crippen molar-refractivity contribution in [3.8, 4) is 0 Å². The summed E-state index contributed by atoms with van der Waals surface area (Å²) in [4.78, 5) is 33.6. The average Bonchev–Trinajstić information content (AvgIpc) is 2.92. The average molecular weight is 329 g/mol. The predicted octanol–water partition coefficient (Wildman–Crippen LogP) is 2.78. The SMILES string of the molecule is Cc1ncsc1CCC(=O)N1CCC(=O)N(C)c2ccccc21. The van der Waals surface area contributed by atoms with Crippen LogP contribution in [0.4, 0.5) is 11.4 Å². The van der Waals surface area contributed by atoms with E-state index in [9.17, 15) is 9.59 Å². The Morgan fingerprint density at radius 2 is 2.04 bits per heavy atom. The lowest BCUT2D eigenvalue weighted by Crippen LogP contribution is -2.32.